The third kappa shape index (κ3) is 3.27. The summed E-state index contributed by atoms with van der Waals surface area (Å²) in [7, 11) is 0. The Morgan fingerprint density at radius 2 is 1.75 bits per heavy atom. The third-order valence-corrected chi connectivity index (χ3v) is 3.53. The Bertz CT molecular complexity index is 575. The molecule has 2 rings (SSSR count). The van der Waals surface area contributed by atoms with Crippen molar-refractivity contribution in [3.8, 4) is 11.1 Å². The zero-order chi connectivity index (χ0) is 14.4. The SMILES string of the molecule is CCCCCc1cccc(-c2ccccc2)c1C(N)=O. The summed E-state index contributed by atoms with van der Waals surface area (Å²) in [5.41, 5.74) is 9.33. The highest BCUT2D eigenvalue weighted by Gasteiger charge is 2.14. The molecule has 104 valence electrons. The lowest BCUT2D eigenvalue weighted by atomic mass is 9.92. The van der Waals surface area contributed by atoms with Gasteiger partial charge in [-0.15, -0.1) is 0 Å². The molecule has 20 heavy (non-hydrogen) atoms. The first-order chi connectivity index (χ1) is 9.74. The summed E-state index contributed by atoms with van der Waals surface area (Å²) in [6, 6.07) is 15.9. The van der Waals surface area contributed by atoms with Crippen molar-refractivity contribution in [1.82, 2.24) is 0 Å². The fourth-order valence-electron chi connectivity index (χ4n) is 2.52. The van der Waals surface area contributed by atoms with E-state index in [1.54, 1.807) is 0 Å². The topological polar surface area (TPSA) is 43.1 Å². The molecule has 2 nitrogen and oxygen atoms in total. The zero-order valence-electron chi connectivity index (χ0n) is 11.9. The minimum atomic E-state index is -0.337. The Balaban J connectivity index is 2.42. The molecule has 0 unspecified atom stereocenters. The first-order valence-corrected chi connectivity index (χ1v) is 7.21. The van der Waals surface area contributed by atoms with Crippen molar-refractivity contribution in [3.05, 3.63) is 59.7 Å². The predicted octanol–water partition coefficient (Wildman–Crippen LogP) is 4.19. The second-order valence-corrected chi connectivity index (χ2v) is 5.03. The fourth-order valence-corrected chi connectivity index (χ4v) is 2.52. The molecule has 0 saturated carbocycles. The minimum Gasteiger partial charge on any atom is -0.366 e. The number of hydrogen-bond donors (Lipinski definition) is 1. The van der Waals surface area contributed by atoms with Gasteiger partial charge in [-0.3, -0.25) is 4.79 Å². The van der Waals surface area contributed by atoms with Crippen LogP contribution in [0.5, 0.6) is 0 Å². The van der Waals surface area contributed by atoms with Crippen LogP contribution in [0.4, 0.5) is 0 Å². The van der Waals surface area contributed by atoms with Crippen LogP contribution in [0, 0.1) is 0 Å². The van der Waals surface area contributed by atoms with Crippen LogP contribution in [0.3, 0.4) is 0 Å². The van der Waals surface area contributed by atoms with Gasteiger partial charge < -0.3 is 5.73 Å². The van der Waals surface area contributed by atoms with Gasteiger partial charge in [0, 0.05) is 0 Å². The smallest absolute Gasteiger partial charge is 0.249 e. The third-order valence-electron chi connectivity index (χ3n) is 3.53. The molecule has 0 heterocycles. The number of benzene rings is 2. The summed E-state index contributed by atoms with van der Waals surface area (Å²) in [5.74, 6) is -0.337. The van der Waals surface area contributed by atoms with E-state index in [2.05, 4.69) is 6.92 Å². The number of hydrogen-bond acceptors (Lipinski definition) is 1. The fraction of sp³-hybridized carbons (Fsp3) is 0.278. The van der Waals surface area contributed by atoms with E-state index in [4.69, 9.17) is 5.73 Å². The minimum absolute atomic E-state index is 0.337. The van der Waals surface area contributed by atoms with Crippen molar-refractivity contribution < 1.29 is 4.79 Å². The van der Waals surface area contributed by atoms with Crippen LogP contribution < -0.4 is 5.73 Å². The van der Waals surface area contributed by atoms with Crippen LogP contribution in [-0.2, 0) is 6.42 Å². The van der Waals surface area contributed by atoms with Crippen LogP contribution >= 0.6 is 0 Å². The van der Waals surface area contributed by atoms with E-state index >= 15 is 0 Å². The summed E-state index contributed by atoms with van der Waals surface area (Å²) in [4.78, 5) is 11.9. The van der Waals surface area contributed by atoms with E-state index in [-0.39, 0.29) is 5.91 Å². The number of carbonyl (C=O) groups excluding carboxylic acids is 1. The van der Waals surface area contributed by atoms with Crippen LogP contribution in [0.1, 0.15) is 42.1 Å². The van der Waals surface area contributed by atoms with Gasteiger partial charge >= 0.3 is 0 Å². The number of primary amides is 1. The largest absolute Gasteiger partial charge is 0.366 e. The molecule has 0 aliphatic heterocycles. The van der Waals surface area contributed by atoms with Crippen molar-refractivity contribution in [2.45, 2.75) is 32.6 Å². The predicted molar refractivity (Wildman–Crippen MR) is 83.6 cm³/mol. The summed E-state index contributed by atoms with van der Waals surface area (Å²) < 4.78 is 0. The Morgan fingerprint density at radius 1 is 1.00 bits per heavy atom. The molecule has 0 fully saturated rings. The van der Waals surface area contributed by atoms with E-state index in [1.807, 2.05) is 48.5 Å². The van der Waals surface area contributed by atoms with Crippen molar-refractivity contribution in [3.63, 3.8) is 0 Å². The monoisotopic (exact) mass is 267 g/mol. The van der Waals surface area contributed by atoms with E-state index < -0.39 is 0 Å². The molecule has 2 heteroatoms. The van der Waals surface area contributed by atoms with E-state index in [1.165, 1.54) is 12.8 Å². The number of nitrogens with two attached hydrogens (primary N) is 1. The van der Waals surface area contributed by atoms with Crippen molar-refractivity contribution in [2.75, 3.05) is 0 Å². The highest BCUT2D eigenvalue weighted by Crippen LogP contribution is 2.27. The Hall–Kier alpha value is -2.09. The van der Waals surface area contributed by atoms with Gasteiger partial charge in [-0.25, -0.2) is 0 Å². The molecule has 1 amide bonds. The summed E-state index contributed by atoms with van der Waals surface area (Å²) >= 11 is 0. The van der Waals surface area contributed by atoms with Crippen LogP contribution in [0.15, 0.2) is 48.5 Å². The van der Waals surface area contributed by atoms with Crippen molar-refractivity contribution >= 4 is 5.91 Å². The van der Waals surface area contributed by atoms with Gasteiger partial charge in [-0.05, 0) is 29.5 Å². The highest BCUT2D eigenvalue weighted by atomic mass is 16.1. The number of amides is 1. The maximum Gasteiger partial charge on any atom is 0.249 e. The number of unbranched alkanes of at least 4 members (excludes halogenated alkanes) is 2. The lowest BCUT2D eigenvalue weighted by molar-refractivity contribution is 0.1000. The Kier molecular flexibility index (Phi) is 4.94. The standard InChI is InChI=1S/C18H21NO/c1-2-3-5-11-15-12-8-13-16(17(15)18(19)20)14-9-6-4-7-10-14/h4,6-10,12-13H,2-3,5,11H2,1H3,(H2,19,20). The average Bonchev–Trinajstić information content (AvgIpc) is 2.48. The molecular weight excluding hydrogens is 246 g/mol. The van der Waals surface area contributed by atoms with Crippen molar-refractivity contribution in [1.29, 1.82) is 0 Å². The molecule has 0 atom stereocenters. The highest BCUT2D eigenvalue weighted by molar-refractivity contribution is 6.01. The molecule has 0 spiro atoms. The van der Waals surface area contributed by atoms with Crippen molar-refractivity contribution in [2.24, 2.45) is 5.73 Å². The maximum absolute atomic E-state index is 11.9. The molecule has 0 aromatic heterocycles. The molecule has 0 radical (unpaired) electrons. The second kappa shape index (κ2) is 6.90. The zero-order valence-corrected chi connectivity index (χ0v) is 11.9. The van der Waals surface area contributed by atoms with Crippen LogP contribution in [0.2, 0.25) is 0 Å². The second-order valence-electron chi connectivity index (χ2n) is 5.03. The van der Waals surface area contributed by atoms with E-state index in [0.29, 0.717) is 5.56 Å². The first-order valence-electron chi connectivity index (χ1n) is 7.21. The molecule has 2 aromatic rings. The summed E-state index contributed by atoms with van der Waals surface area (Å²) in [6.07, 6.45) is 4.35. The Morgan fingerprint density at radius 3 is 2.40 bits per heavy atom. The molecule has 0 aliphatic rings. The van der Waals surface area contributed by atoms with Gasteiger partial charge in [0.1, 0.15) is 0 Å². The van der Waals surface area contributed by atoms with Gasteiger partial charge in [0.2, 0.25) is 5.91 Å². The Labute approximate surface area is 120 Å². The van der Waals surface area contributed by atoms with Crippen LogP contribution in [-0.4, -0.2) is 5.91 Å². The molecule has 0 aliphatic carbocycles. The molecular formula is C18H21NO. The summed E-state index contributed by atoms with van der Waals surface area (Å²) in [6.45, 7) is 2.18. The van der Waals surface area contributed by atoms with Gasteiger partial charge in [-0.2, -0.15) is 0 Å². The van der Waals surface area contributed by atoms with Gasteiger partial charge in [-0.1, -0.05) is 68.3 Å². The van der Waals surface area contributed by atoms with Gasteiger partial charge in [0.25, 0.3) is 0 Å². The summed E-state index contributed by atoms with van der Waals surface area (Å²) in [5, 5.41) is 0. The van der Waals surface area contributed by atoms with Gasteiger partial charge in [0.15, 0.2) is 0 Å². The van der Waals surface area contributed by atoms with Crippen LogP contribution in [0.25, 0.3) is 11.1 Å². The lowest BCUT2D eigenvalue weighted by Gasteiger charge is -2.12. The van der Waals surface area contributed by atoms with E-state index in [9.17, 15) is 4.79 Å². The molecule has 2 aromatic carbocycles. The van der Waals surface area contributed by atoms with E-state index in [0.717, 1.165) is 29.5 Å². The number of rotatable bonds is 6. The molecule has 0 bridgehead atoms. The first kappa shape index (κ1) is 14.3. The molecule has 2 N–H and O–H groups in total. The lowest BCUT2D eigenvalue weighted by Crippen LogP contribution is -2.15. The number of carbonyl (C=O) groups is 1. The quantitative estimate of drug-likeness (QED) is 0.784. The maximum atomic E-state index is 11.9. The normalized spacial score (nSPS) is 10.4. The molecule has 0 saturated heterocycles. The number of aryl methyl sites for hydroxylation is 1. The average molecular weight is 267 g/mol. The van der Waals surface area contributed by atoms with Gasteiger partial charge in [0.05, 0.1) is 5.56 Å².